The zero-order valence-electron chi connectivity index (χ0n) is 12.6. The summed E-state index contributed by atoms with van der Waals surface area (Å²) in [6.45, 7) is 0.224. The number of benzene rings is 3. The molecule has 0 aliphatic rings. The van der Waals surface area contributed by atoms with Crippen LogP contribution in [0, 0.1) is 0 Å². The van der Waals surface area contributed by atoms with Gasteiger partial charge in [-0.15, -0.1) is 0 Å². The van der Waals surface area contributed by atoms with Crippen molar-refractivity contribution in [1.29, 1.82) is 0 Å². The van der Waals surface area contributed by atoms with Gasteiger partial charge in [0.2, 0.25) is 5.82 Å². The number of hydrogen-bond acceptors (Lipinski definition) is 4. The Bertz CT molecular complexity index is 992. The Morgan fingerprint density at radius 2 is 1.71 bits per heavy atom. The maximum absolute atomic E-state index is 6.15. The molecular weight excluding hydrogens is 324 g/mol. The molecular formula is C19H13ClN2O2. The van der Waals surface area contributed by atoms with E-state index in [1.54, 1.807) is 6.07 Å². The third-order valence-electron chi connectivity index (χ3n) is 3.68. The molecule has 0 amide bonds. The fraction of sp³-hybridized carbons (Fsp3) is 0.0526. The van der Waals surface area contributed by atoms with E-state index in [0.717, 1.165) is 16.5 Å². The highest BCUT2D eigenvalue weighted by Gasteiger charge is 2.12. The lowest BCUT2D eigenvalue weighted by Crippen LogP contribution is -1.98. The van der Waals surface area contributed by atoms with Crippen molar-refractivity contribution in [3.05, 3.63) is 77.6 Å². The van der Waals surface area contributed by atoms with Gasteiger partial charge in [0.1, 0.15) is 5.75 Å². The number of aromatic nitrogens is 2. The molecule has 24 heavy (non-hydrogen) atoms. The van der Waals surface area contributed by atoms with Gasteiger partial charge in [0.05, 0.1) is 10.6 Å². The van der Waals surface area contributed by atoms with Crippen LogP contribution in [0.1, 0.15) is 5.82 Å². The lowest BCUT2D eigenvalue weighted by Gasteiger charge is -2.07. The van der Waals surface area contributed by atoms with Gasteiger partial charge in [0.25, 0.3) is 5.89 Å². The molecule has 0 N–H and O–H groups in total. The van der Waals surface area contributed by atoms with Crippen molar-refractivity contribution in [1.82, 2.24) is 10.1 Å². The quantitative estimate of drug-likeness (QED) is 0.519. The summed E-state index contributed by atoms with van der Waals surface area (Å²) in [6, 6.07) is 21.3. The summed E-state index contributed by atoms with van der Waals surface area (Å²) >= 11 is 6.15. The van der Waals surface area contributed by atoms with Crippen LogP contribution in [0.25, 0.3) is 22.2 Å². The smallest absolute Gasteiger partial charge is 0.259 e. The van der Waals surface area contributed by atoms with Crippen molar-refractivity contribution in [2.45, 2.75) is 6.61 Å². The Balaban J connectivity index is 1.56. The first-order chi connectivity index (χ1) is 11.8. The predicted molar refractivity (Wildman–Crippen MR) is 93.0 cm³/mol. The Labute approximate surface area is 143 Å². The highest BCUT2D eigenvalue weighted by Crippen LogP contribution is 2.27. The molecule has 0 saturated carbocycles. The van der Waals surface area contributed by atoms with Crippen molar-refractivity contribution in [2.24, 2.45) is 0 Å². The van der Waals surface area contributed by atoms with E-state index in [4.69, 9.17) is 20.9 Å². The van der Waals surface area contributed by atoms with E-state index in [1.807, 2.05) is 60.7 Å². The van der Waals surface area contributed by atoms with Crippen LogP contribution in [0.5, 0.6) is 5.75 Å². The third kappa shape index (κ3) is 2.84. The van der Waals surface area contributed by atoms with Gasteiger partial charge >= 0.3 is 0 Å². The first kappa shape index (κ1) is 14.7. The number of nitrogens with zero attached hydrogens (tertiary/aromatic N) is 2. The Kier molecular flexibility index (Phi) is 3.89. The van der Waals surface area contributed by atoms with E-state index in [1.165, 1.54) is 0 Å². The summed E-state index contributed by atoms with van der Waals surface area (Å²) in [6.07, 6.45) is 0. The van der Waals surface area contributed by atoms with E-state index in [-0.39, 0.29) is 6.61 Å². The van der Waals surface area contributed by atoms with Gasteiger partial charge < -0.3 is 9.26 Å². The summed E-state index contributed by atoms with van der Waals surface area (Å²) in [7, 11) is 0. The van der Waals surface area contributed by atoms with E-state index >= 15 is 0 Å². The molecule has 0 radical (unpaired) electrons. The Morgan fingerprint density at radius 1 is 0.917 bits per heavy atom. The SMILES string of the molecule is Clc1ccccc1-c1nc(COc2cccc3ccccc23)no1. The van der Waals surface area contributed by atoms with Gasteiger partial charge in [-0.2, -0.15) is 4.98 Å². The number of fused-ring (bicyclic) bond motifs is 1. The van der Waals surface area contributed by atoms with Crippen molar-refractivity contribution in [3.63, 3.8) is 0 Å². The van der Waals surface area contributed by atoms with Crippen LogP contribution in [0.2, 0.25) is 5.02 Å². The summed E-state index contributed by atoms with van der Waals surface area (Å²) in [4.78, 5) is 4.35. The number of halogens is 1. The van der Waals surface area contributed by atoms with E-state index in [9.17, 15) is 0 Å². The molecule has 4 nitrogen and oxygen atoms in total. The summed E-state index contributed by atoms with van der Waals surface area (Å²) < 4.78 is 11.1. The van der Waals surface area contributed by atoms with E-state index < -0.39 is 0 Å². The maximum atomic E-state index is 6.15. The standard InChI is InChI=1S/C19H13ClN2O2/c20-16-10-4-3-9-15(16)19-21-18(22-24-19)12-23-17-11-5-7-13-6-1-2-8-14(13)17/h1-11H,12H2. The largest absolute Gasteiger partial charge is 0.485 e. The van der Waals surface area contributed by atoms with E-state index in [0.29, 0.717) is 22.3 Å². The second-order valence-corrected chi connectivity index (χ2v) is 5.67. The number of hydrogen-bond donors (Lipinski definition) is 0. The van der Waals surface area contributed by atoms with Crippen LogP contribution >= 0.6 is 11.6 Å². The Hall–Kier alpha value is -2.85. The summed E-state index contributed by atoms with van der Waals surface area (Å²) in [5.74, 6) is 1.65. The molecule has 0 bridgehead atoms. The second-order valence-electron chi connectivity index (χ2n) is 5.26. The van der Waals surface area contributed by atoms with Crippen LogP contribution in [0.3, 0.4) is 0 Å². The first-order valence-corrected chi connectivity index (χ1v) is 7.87. The van der Waals surface area contributed by atoms with Crippen LogP contribution in [-0.4, -0.2) is 10.1 Å². The molecule has 0 unspecified atom stereocenters. The average molecular weight is 337 g/mol. The van der Waals surface area contributed by atoms with Gasteiger partial charge in [-0.25, -0.2) is 0 Å². The minimum atomic E-state index is 0.224. The molecule has 0 fully saturated rings. The monoisotopic (exact) mass is 336 g/mol. The minimum Gasteiger partial charge on any atom is -0.485 e. The molecule has 1 aromatic heterocycles. The van der Waals surface area contributed by atoms with Gasteiger partial charge in [0.15, 0.2) is 6.61 Å². The average Bonchev–Trinajstić information content (AvgIpc) is 3.09. The lowest BCUT2D eigenvalue weighted by molar-refractivity contribution is 0.290. The highest BCUT2D eigenvalue weighted by atomic mass is 35.5. The molecule has 4 rings (SSSR count). The molecule has 0 aliphatic carbocycles. The maximum Gasteiger partial charge on any atom is 0.259 e. The molecule has 0 saturated heterocycles. The number of rotatable bonds is 4. The van der Waals surface area contributed by atoms with Crippen molar-refractivity contribution >= 4 is 22.4 Å². The van der Waals surface area contributed by atoms with Gasteiger partial charge in [-0.05, 0) is 23.6 Å². The zero-order chi connectivity index (χ0) is 16.4. The molecule has 0 aliphatic heterocycles. The molecule has 0 atom stereocenters. The lowest BCUT2D eigenvalue weighted by atomic mass is 10.1. The normalized spacial score (nSPS) is 10.9. The third-order valence-corrected chi connectivity index (χ3v) is 4.01. The minimum absolute atomic E-state index is 0.224. The van der Waals surface area contributed by atoms with Gasteiger partial charge in [0, 0.05) is 5.39 Å². The highest BCUT2D eigenvalue weighted by molar-refractivity contribution is 6.33. The van der Waals surface area contributed by atoms with Crippen molar-refractivity contribution in [2.75, 3.05) is 0 Å². The molecule has 3 aromatic carbocycles. The molecule has 5 heteroatoms. The van der Waals surface area contributed by atoms with Gasteiger partial charge in [-0.3, -0.25) is 0 Å². The Morgan fingerprint density at radius 3 is 2.62 bits per heavy atom. The van der Waals surface area contributed by atoms with Crippen LogP contribution < -0.4 is 4.74 Å². The van der Waals surface area contributed by atoms with E-state index in [2.05, 4.69) is 10.1 Å². The van der Waals surface area contributed by atoms with Gasteiger partial charge in [-0.1, -0.05) is 65.3 Å². The topological polar surface area (TPSA) is 48.2 Å². The molecule has 0 spiro atoms. The van der Waals surface area contributed by atoms with Crippen LogP contribution in [0.15, 0.2) is 71.3 Å². The summed E-state index contributed by atoms with van der Waals surface area (Å²) in [5.41, 5.74) is 0.711. The zero-order valence-corrected chi connectivity index (χ0v) is 13.4. The molecule has 4 aromatic rings. The second kappa shape index (κ2) is 6.34. The van der Waals surface area contributed by atoms with Crippen LogP contribution in [0.4, 0.5) is 0 Å². The first-order valence-electron chi connectivity index (χ1n) is 7.49. The van der Waals surface area contributed by atoms with Crippen LogP contribution in [-0.2, 0) is 6.61 Å². The van der Waals surface area contributed by atoms with Crippen molar-refractivity contribution in [3.8, 4) is 17.2 Å². The fourth-order valence-electron chi connectivity index (χ4n) is 2.52. The molecule has 118 valence electrons. The summed E-state index contributed by atoms with van der Waals surface area (Å²) in [5, 5.41) is 6.71. The van der Waals surface area contributed by atoms with Crippen molar-refractivity contribution < 1.29 is 9.26 Å². The fourth-order valence-corrected chi connectivity index (χ4v) is 2.74. The molecule has 1 heterocycles. The predicted octanol–water partition coefficient (Wildman–Crippen LogP) is 5.12. The number of ether oxygens (including phenoxy) is 1.